The topological polar surface area (TPSA) is 137 Å². The maximum absolute atomic E-state index is 13.7. The van der Waals surface area contributed by atoms with E-state index in [2.05, 4.69) is 37.9 Å². The number of alkyl halides is 2. The average Bonchev–Trinajstić information content (AvgIpc) is 3.52. The van der Waals surface area contributed by atoms with E-state index >= 15 is 0 Å². The molecule has 3 aliphatic rings. The highest BCUT2D eigenvalue weighted by atomic mass is 35.5. The fraction of sp³-hybridized carbons (Fsp3) is 0.412. The fourth-order valence-electron chi connectivity index (χ4n) is 6.99. The monoisotopic (exact) mass is 691 g/mol. The molecule has 2 aromatic carbocycles. The molecule has 2 saturated heterocycles. The van der Waals surface area contributed by atoms with Crippen molar-refractivity contribution in [3.63, 3.8) is 0 Å². The average molecular weight is 692 g/mol. The largest absolute Gasteiger partial charge is 0.382 e. The number of piperidine rings is 2. The molecule has 3 amide bonds. The van der Waals surface area contributed by atoms with Crippen LogP contribution in [0.1, 0.15) is 50.3 Å². The molecular weight excluding hydrogens is 656 g/mol. The van der Waals surface area contributed by atoms with E-state index in [0.717, 1.165) is 34.8 Å². The SMILES string of the molecule is C[C@@H]1CN(c2ncc(Cl)c(Nc3ccc4c(c3)CC(=O)N4CC(C)(F)F)n2)CC[C@H]1Nc1ccc2c(C3CCC(=O)NC3=O)nn(C)c2c1. The number of rotatable bonds is 8. The Bertz CT molecular complexity index is 1980. The molecule has 4 aromatic rings. The van der Waals surface area contributed by atoms with Crippen molar-refractivity contribution in [3.8, 4) is 0 Å². The van der Waals surface area contributed by atoms with Gasteiger partial charge in [-0.25, -0.2) is 13.8 Å². The molecule has 0 aliphatic carbocycles. The van der Waals surface area contributed by atoms with Gasteiger partial charge < -0.3 is 20.4 Å². The minimum absolute atomic E-state index is 0.0455. The number of nitrogens with one attached hydrogen (secondary N) is 3. The zero-order valence-electron chi connectivity index (χ0n) is 27.3. The van der Waals surface area contributed by atoms with Crippen molar-refractivity contribution in [2.45, 2.75) is 57.4 Å². The smallest absolute Gasteiger partial charge is 0.263 e. The van der Waals surface area contributed by atoms with Gasteiger partial charge in [-0.3, -0.25) is 24.4 Å². The molecule has 15 heteroatoms. The van der Waals surface area contributed by atoms with Gasteiger partial charge in [0.1, 0.15) is 5.02 Å². The first-order valence-electron chi connectivity index (χ1n) is 16.3. The van der Waals surface area contributed by atoms with Crippen LogP contribution in [0.5, 0.6) is 0 Å². The van der Waals surface area contributed by atoms with Crippen LogP contribution in [-0.2, 0) is 27.9 Å². The lowest BCUT2D eigenvalue weighted by molar-refractivity contribution is -0.134. The Morgan fingerprint density at radius 2 is 1.90 bits per heavy atom. The quantitative estimate of drug-likeness (QED) is 0.214. The van der Waals surface area contributed by atoms with E-state index in [1.807, 2.05) is 25.2 Å². The number of benzene rings is 2. The number of imide groups is 1. The van der Waals surface area contributed by atoms with Crippen LogP contribution in [0.3, 0.4) is 0 Å². The first-order chi connectivity index (χ1) is 23.3. The zero-order valence-corrected chi connectivity index (χ0v) is 28.0. The van der Waals surface area contributed by atoms with Gasteiger partial charge in [0.25, 0.3) is 5.92 Å². The molecule has 3 N–H and O–H groups in total. The Hall–Kier alpha value is -4.85. The number of carbonyl (C=O) groups excluding carboxylic acids is 3. The molecule has 0 radical (unpaired) electrons. The van der Waals surface area contributed by atoms with Crippen molar-refractivity contribution >= 4 is 69.1 Å². The van der Waals surface area contributed by atoms with Crippen LogP contribution in [0, 0.1) is 5.92 Å². The second-order valence-corrected chi connectivity index (χ2v) is 13.7. The first-order valence-corrected chi connectivity index (χ1v) is 16.6. The van der Waals surface area contributed by atoms with Crippen LogP contribution in [-0.4, -0.2) is 69.1 Å². The molecule has 256 valence electrons. The standard InChI is InChI=1S/C34H36ClF2N9O3/c1-18-16-45(11-10-25(18)39-21-4-6-22-27(14-21)44(3)43-30(22)23-7-9-28(47)41-32(23)49)33-38-15-24(35)31(42-33)40-20-5-8-26-19(12-20)13-29(48)46(26)17-34(2,36)37/h4-6,8,12,14-15,18,23,25,39H,7,9-11,13,16-17H2,1-3H3,(H,38,40,42)(H,41,47,49)/t18-,23?,25-/m1/s1. The third kappa shape index (κ3) is 6.61. The summed E-state index contributed by atoms with van der Waals surface area (Å²) in [5.41, 5.74) is 4.31. The van der Waals surface area contributed by atoms with Crippen molar-refractivity contribution in [3.05, 3.63) is 58.9 Å². The number of nitrogens with zero attached hydrogens (tertiary/aromatic N) is 6. The predicted octanol–water partition coefficient (Wildman–Crippen LogP) is 5.15. The summed E-state index contributed by atoms with van der Waals surface area (Å²) in [5.74, 6) is -3.20. The molecule has 0 spiro atoms. The molecule has 2 aromatic heterocycles. The van der Waals surface area contributed by atoms with Gasteiger partial charge in [-0.15, -0.1) is 0 Å². The van der Waals surface area contributed by atoms with Gasteiger partial charge in [0, 0.05) is 62.0 Å². The number of amides is 3. The number of anilines is 5. The minimum Gasteiger partial charge on any atom is -0.382 e. The highest BCUT2D eigenvalue weighted by Crippen LogP contribution is 2.36. The van der Waals surface area contributed by atoms with Crippen molar-refractivity contribution in [1.82, 2.24) is 25.1 Å². The van der Waals surface area contributed by atoms with Gasteiger partial charge in [0.2, 0.25) is 23.7 Å². The van der Waals surface area contributed by atoms with Crippen LogP contribution in [0.25, 0.3) is 10.9 Å². The van der Waals surface area contributed by atoms with Gasteiger partial charge in [0.05, 0.1) is 36.3 Å². The molecule has 0 saturated carbocycles. The maximum Gasteiger partial charge on any atom is 0.263 e. The van der Waals surface area contributed by atoms with Gasteiger partial charge in [-0.2, -0.15) is 10.1 Å². The zero-order chi connectivity index (χ0) is 34.6. The fourth-order valence-corrected chi connectivity index (χ4v) is 7.13. The Morgan fingerprint density at radius 3 is 2.65 bits per heavy atom. The number of aromatic nitrogens is 4. The van der Waals surface area contributed by atoms with Crippen LogP contribution < -0.4 is 25.8 Å². The molecule has 1 unspecified atom stereocenters. The van der Waals surface area contributed by atoms with Crippen molar-refractivity contribution in [2.75, 3.05) is 40.1 Å². The van der Waals surface area contributed by atoms with E-state index in [4.69, 9.17) is 16.6 Å². The summed E-state index contributed by atoms with van der Waals surface area (Å²) in [6, 6.07) is 11.4. The maximum atomic E-state index is 13.7. The summed E-state index contributed by atoms with van der Waals surface area (Å²) < 4.78 is 29.1. The van der Waals surface area contributed by atoms with E-state index in [1.165, 1.54) is 0 Å². The molecule has 2 fully saturated rings. The number of carbonyl (C=O) groups is 3. The van der Waals surface area contributed by atoms with Crippen molar-refractivity contribution in [2.24, 2.45) is 13.0 Å². The molecule has 3 atom stereocenters. The van der Waals surface area contributed by atoms with Gasteiger partial charge in [0.15, 0.2) is 5.82 Å². The van der Waals surface area contributed by atoms with Crippen molar-refractivity contribution in [1.29, 1.82) is 0 Å². The van der Waals surface area contributed by atoms with E-state index in [1.54, 1.807) is 29.1 Å². The molecule has 0 bridgehead atoms. The predicted molar refractivity (Wildman–Crippen MR) is 183 cm³/mol. The number of aryl methyl sites for hydroxylation is 1. The van der Waals surface area contributed by atoms with Gasteiger partial charge in [-0.05, 0) is 60.7 Å². The van der Waals surface area contributed by atoms with E-state index < -0.39 is 18.4 Å². The lowest BCUT2D eigenvalue weighted by atomic mass is 9.92. The Kier molecular flexibility index (Phi) is 8.37. The highest BCUT2D eigenvalue weighted by molar-refractivity contribution is 6.33. The third-order valence-corrected chi connectivity index (χ3v) is 9.71. The number of halogens is 3. The number of hydrogen-bond donors (Lipinski definition) is 3. The summed E-state index contributed by atoms with van der Waals surface area (Å²) in [5, 5.41) is 15.2. The normalized spacial score (nSPS) is 21.3. The van der Waals surface area contributed by atoms with E-state index in [0.29, 0.717) is 65.4 Å². The van der Waals surface area contributed by atoms with Crippen LogP contribution in [0.15, 0.2) is 42.6 Å². The van der Waals surface area contributed by atoms with Gasteiger partial charge in [-0.1, -0.05) is 18.5 Å². The number of fused-ring (bicyclic) bond motifs is 2. The number of hydrogen-bond acceptors (Lipinski definition) is 9. The Balaban J connectivity index is 1.01. The summed E-state index contributed by atoms with van der Waals surface area (Å²) in [4.78, 5) is 49.1. The first kappa shape index (κ1) is 32.7. The second kappa shape index (κ2) is 12.6. The lowest BCUT2D eigenvalue weighted by Gasteiger charge is -2.37. The van der Waals surface area contributed by atoms with E-state index in [9.17, 15) is 23.2 Å². The summed E-state index contributed by atoms with van der Waals surface area (Å²) in [6.07, 6.45) is 3.17. The lowest BCUT2D eigenvalue weighted by Crippen LogP contribution is -2.46. The molecular formula is C34H36ClF2N9O3. The van der Waals surface area contributed by atoms with Crippen molar-refractivity contribution < 1.29 is 23.2 Å². The molecule has 5 heterocycles. The minimum atomic E-state index is -3.00. The molecule has 3 aliphatic heterocycles. The summed E-state index contributed by atoms with van der Waals surface area (Å²) >= 11 is 6.47. The highest BCUT2D eigenvalue weighted by Gasteiger charge is 2.35. The van der Waals surface area contributed by atoms with Gasteiger partial charge >= 0.3 is 0 Å². The van der Waals surface area contributed by atoms with Crippen LogP contribution >= 0.6 is 11.6 Å². The van der Waals surface area contributed by atoms with Crippen LogP contribution in [0.2, 0.25) is 5.02 Å². The van der Waals surface area contributed by atoms with E-state index in [-0.39, 0.29) is 36.1 Å². The third-order valence-electron chi connectivity index (χ3n) is 9.43. The Labute approximate surface area is 286 Å². The second-order valence-electron chi connectivity index (χ2n) is 13.3. The summed E-state index contributed by atoms with van der Waals surface area (Å²) in [6.45, 7) is 3.71. The summed E-state index contributed by atoms with van der Waals surface area (Å²) in [7, 11) is 1.85. The molecule has 7 rings (SSSR count). The molecule has 49 heavy (non-hydrogen) atoms. The Morgan fingerprint density at radius 1 is 1.10 bits per heavy atom. The van der Waals surface area contributed by atoms with Crippen LogP contribution in [0.4, 0.5) is 37.6 Å². The molecule has 12 nitrogen and oxygen atoms in total.